The van der Waals surface area contributed by atoms with Crippen LogP contribution in [-0.2, 0) is 6.54 Å². The minimum Gasteiger partial charge on any atom is -0.366 e. The van der Waals surface area contributed by atoms with Gasteiger partial charge in [-0.1, -0.05) is 54.1 Å². The normalized spacial score (nSPS) is 11.2. The number of nitrogens with zero attached hydrogens (tertiary/aromatic N) is 1. The molecule has 0 bridgehead atoms. The number of carbonyl (C=O) groups excluding carboxylic acids is 2. The SMILES string of the molecule is NC(=O)c1ccc(Cn2c3cc(-c4ccc(Cl)cc4)ccc3c3c(C(N)=O)cccc32)cc1. The van der Waals surface area contributed by atoms with Gasteiger partial charge in [0.05, 0.1) is 11.0 Å². The quantitative estimate of drug-likeness (QED) is 0.375. The van der Waals surface area contributed by atoms with E-state index in [1.54, 1.807) is 18.2 Å². The van der Waals surface area contributed by atoms with Crippen molar-refractivity contribution in [1.82, 2.24) is 4.57 Å². The lowest BCUT2D eigenvalue weighted by atomic mass is 10.0. The van der Waals surface area contributed by atoms with E-state index < -0.39 is 11.8 Å². The van der Waals surface area contributed by atoms with Crippen LogP contribution in [0.25, 0.3) is 32.9 Å². The molecule has 33 heavy (non-hydrogen) atoms. The molecule has 5 nitrogen and oxygen atoms in total. The Balaban J connectivity index is 1.74. The van der Waals surface area contributed by atoms with Crippen molar-refractivity contribution in [2.24, 2.45) is 11.5 Å². The van der Waals surface area contributed by atoms with E-state index in [2.05, 4.69) is 10.6 Å². The van der Waals surface area contributed by atoms with Gasteiger partial charge in [-0.05, 0) is 59.2 Å². The maximum absolute atomic E-state index is 12.2. The Morgan fingerprint density at radius 3 is 2.12 bits per heavy atom. The van der Waals surface area contributed by atoms with Crippen molar-refractivity contribution < 1.29 is 9.59 Å². The molecule has 162 valence electrons. The third-order valence-electron chi connectivity index (χ3n) is 5.91. The molecular formula is C27H20ClN3O2. The predicted molar refractivity (Wildman–Crippen MR) is 132 cm³/mol. The lowest BCUT2D eigenvalue weighted by Gasteiger charge is -2.10. The second kappa shape index (κ2) is 8.11. The highest BCUT2D eigenvalue weighted by atomic mass is 35.5. The van der Waals surface area contributed by atoms with Crippen LogP contribution < -0.4 is 11.5 Å². The molecule has 0 fully saturated rings. The summed E-state index contributed by atoms with van der Waals surface area (Å²) in [5.41, 5.74) is 17.0. The molecule has 0 saturated heterocycles. The summed E-state index contributed by atoms with van der Waals surface area (Å²) < 4.78 is 2.16. The van der Waals surface area contributed by atoms with Crippen molar-refractivity contribution in [3.8, 4) is 11.1 Å². The number of amides is 2. The molecular weight excluding hydrogens is 434 g/mol. The first-order chi connectivity index (χ1) is 15.9. The Labute approximate surface area is 195 Å². The molecule has 5 aromatic rings. The number of rotatable bonds is 5. The fourth-order valence-electron chi connectivity index (χ4n) is 4.30. The van der Waals surface area contributed by atoms with E-state index in [9.17, 15) is 9.59 Å². The summed E-state index contributed by atoms with van der Waals surface area (Å²) in [5, 5.41) is 2.46. The van der Waals surface area contributed by atoms with Crippen LogP contribution in [0.2, 0.25) is 5.02 Å². The van der Waals surface area contributed by atoms with Gasteiger partial charge in [0.1, 0.15) is 0 Å². The van der Waals surface area contributed by atoms with Crippen molar-refractivity contribution in [3.05, 3.63) is 107 Å². The van der Waals surface area contributed by atoms with Gasteiger partial charge in [-0.2, -0.15) is 0 Å². The van der Waals surface area contributed by atoms with Crippen molar-refractivity contribution in [1.29, 1.82) is 0 Å². The highest BCUT2D eigenvalue weighted by Crippen LogP contribution is 2.35. The Morgan fingerprint density at radius 2 is 1.45 bits per heavy atom. The molecule has 0 aliphatic carbocycles. The number of halogens is 1. The van der Waals surface area contributed by atoms with Crippen LogP contribution in [0.1, 0.15) is 26.3 Å². The minimum atomic E-state index is -0.466. The average Bonchev–Trinajstić information content (AvgIpc) is 3.13. The van der Waals surface area contributed by atoms with Gasteiger partial charge >= 0.3 is 0 Å². The summed E-state index contributed by atoms with van der Waals surface area (Å²) in [4.78, 5) is 23.6. The summed E-state index contributed by atoms with van der Waals surface area (Å²) in [5.74, 6) is -0.927. The Hall–Kier alpha value is -4.09. The number of hydrogen-bond donors (Lipinski definition) is 2. The standard InChI is InChI=1S/C27H20ClN3O2/c28-20-11-8-17(9-12-20)19-10-13-21-24(14-19)31(15-16-4-6-18(7-5-16)26(29)32)23-3-1-2-22(25(21)23)27(30)33/h1-14H,15H2,(H2,29,32)(H2,30,33). The zero-order chi connectivity index (χ0) is 23.1. The van der Waals surface area contributed by atoms with Crippen LogP contribution in [0.4, 0.5) is 0 Å². The first-order valence-corrected chi connectivity index (χ1v) is 10.8. The molecule has 0 atom stereocenters. The zero-order valence-electron chi connectivity index (χ0n) is 17.6. The summed E-state index contributed by atoms with van der Waals surface area (Å²) in [6.07, 6.45) is 0. The number of fused-ring (bicyclic) bond motifs is 3. The average molecular weight is 454 g/mol. The van der Waals surface area contributed by atoms with Crippen LogP contribution in [0.3, 0.4) is 0 Å². The van der Waals surface area contributed by atoms with Crippen molar-refractivity contribution in [2.45, 2.75) is 6.54 Å². The third kappa shape index (κ3) is 3.73. The van der Waals surface area contributed by atoms with Crippen LogP contribution >= 0.6 is 11.6 Å². The Kier molecular flexibility index (Phi) is 5.11. The zero-order valence-corrected chi connectivity index (χ0v) is 18.3. The number of aromatic nitrogens is 1. The van der Waals surface area contributed by atoms with Crippen LogP contribution in [0.5, 0.6) is 0 Å². The maximum Gasteiger partial charge on any atom is 0.249 e. The molecule has 0 aliphatic rings. The monoisotopic (exact) mass is 453 g/mol. The fourth-order valence-corrected chi connectivity index (χ4v) is 4.42. The molecule has 2 amide bonds. The van der Waals surface area contributed by atoms with E-state index in [1.165, 1.54) is 0 Å². The predicted octanol–water partition coefficient (Wildman–Crippen LogP) is 5.36. The van der Waals surface area contributed by atoms with Crippen LogP contribution in [0, 0.1) is 0 Å². The number of primary amides is 2. The van der Waals surface area contributed by atoms with Crippen molar-refractivity contribution in [3.63, 3.8) is 0 Å². The molecule has 0 aliphatic heterocycles. The van der Waals surface area contributed by atoms with Gasteiger partial charge in [-0.3, -0.25) is 9.59 Å². The van der Waals surface area contributed by atoms with E-state index in [0.717, 1.165) is 38.5 Å². The van der Waals surface area contributed by atoms with E-state index in [-0.39, 0.29) is 0 Å². The molecule has 0 saturated carbocycles. The van der Waals surface area contributed by atoms with E-state index in [0.29, 0.717) is 22.7 Å². The second-order valence-corrected chi connectivity index (χ2v) is 8.39. The lowest BCUT2D eigenvalue weighted by Crippen LogP contribution is -2.11. The van der Waals surface area contributed by atoms with Crippen LogP contribution in [-0.4, -0.2) is 16.4 Å². The molecule has 5 rings (SSSR count). The van der Waals surface area contributed by atoms with E-state index >= 15 is 0 Å². The summed E-state index contributed by atoms with van der Waals surface area (Å²) >= 11 is 6.06. The van der Waals surface area contributed by atoms with E-state index in [4.69, 9.17) is 23.1 Å². The second-order valence-electron chi connectivity index (χ2n) is 7.95. The largest absolute Gasteiger partial charge is 0.366 e. The number of hydrogen-bond acceptors (Lipinski definition) is 2. The van der Waals surface area contributed by atoms with E-state index in [1.807, 2.05) is 60.7 Å². The molecule has 6 heteroatoms. The van der Waals surface area contributed by atoms with Gasteiger partial charge in [0.25, 0.3) is 0 Å². The molecule has 0 spiro atoms. The maximum atomic E-state index is 12.2. The van der Waals surface area contributed by atoms with Crippen LogP contribution in [0.15, 0.2) is 84.9 Å². The summed E-state index contributed by atoms with van der Waals surface area (Å²) in [7, 11) is 0. The highest BCUT2D eigenvalue weighted by molar-refractivity contribution is 6.30. The molecule has 0 radical (unpaired) electrons. The van der Waals surface area contributed by atoms with Crippen molar-refractivity contribution in [2.75, 3.05) is 0 Å². The number of benzene rings is 4. The van der Waals surface area contributed by atoms with Gasteiger partial charge in [0, 0.05) is 33.5 Å². The van der Waals surface area contributed by atoms with Gasteiger partial charge in [0.2, 0.25) is 11.8 Å². The topological polar surface area (TPSA) is 91.1 Å². The highest BCUT2D eigenvalue weighted by Gasteiger charge is 2.17. The summed E-state index contributed by atoms with van der Waals surface area (Å²) in [6.45, 7) is 0.547. The first-order valence-electron chi connectivity index (χ1n) is 10.4. The van der Waals surface area contributed by atoms with Gasteiger partial charge in [-0.15, -0.1) is 0 Å². The summed E-state index contributed by atoms with van der Waals surface area (Å²) in [6, 6.07) is 26.7. The third-order valence-corrected chi connectivity index (χ3v) is 6.17. The molecule has 1 aromatic heterocycles. The Morgan fingerprint density at radius 1 is 0.758 bits per heavy atom. The molecule has 0 unspecified atom stereocenters. The number of carbonyl (C=O) groups is 2. The van der Waals surface area contributed by atoms with Gasteiger partial charge in [-0.25, -0.2) is 0 Å². The van der Waals surface area contributed by atoms with Gasteiger partial charge in [0.15, 0.2) is 0 Å². The lowest BCUT2D eigenvalue weighted by molar-refractivity contribution is 0.0992. The van der Waals surface area contributed by atoms with Crippen molar-refractivity contribution >= 4 is 45.2 Å². The Bertz CT molecular complexity index is 1530. The minimum absolute atomic E-state index is 0.460. The fraction of sp³-hybridized carbons (Fsp3) is 0.0370. The number of nitrogens with two attached hydrogens (primary N) is 2. The van der Waals surface area contributed by atoms with Gasteiger partial charge < -0.3 is 16.0 Å². The first kappa shape index (κ1) is 20.8. The molecule has 4 aromatic carbocycles. The smallest absolute Gasteiger partial charge is 0.249 e. The molecule has 4 N–H and O–H groups in total. The molecule has 1 heterocycles.